The fourth-order valence-corrected chi connectivity index (χ4v) is 3.12. The second-order valence-corrected chi connectivity index (χ2v) is 5.38. The van der Waals surface area contributed by atoms with Crippen LogP contribution in [0.1, 0.15) is 31.1 Å². The van der Waals surface area contributed by atoms with Gasteiger partial charge in [-0.1, -0.05) is 11.8 Å². The molecule has 0 saturated heterocycles. The Bertz CT molecular complexity index is 451. The molecule has 0 aromatic carbocycles. The third kappa shape index (κ3) is 3.26. The second kappa shape index (κ2) is 6.36. The average molecular weight is 287 g/mol. The predicted molar refractivity (Wildman–Crippen MR) is 68.0 cm³/mol. The molecule has 1 fully saturated rings. The Morgan fingerprint density at radius 1 is 1.53 bits per heavy atom. The minimum Gasteiger partial charge on any atom is -0.481 e. The van der Waals surface area contributed by atoms with E-state index in [0.29, 0.717) is 11.0 Å². The third-order valence-electron chi connectivity index (χ3n) is 3.26. The van der Waals surface area contributed by atoms with E-state index in [0.717, 1.165) is 31.0 Å². The SMILES string of the molecule is COC1CCC(n2c(CO)nnc2SCC(=O)O)C1. The maximum atomic E-state index is 10.6. The number of ether oxygens (including phenoxy) is 1. The fourth-order valence-electron chi connectivity index (χ4n) is 2.37. The quantitative estimate of drug-likeness (QED) is 0.743. The molecule has 2 rings (SSSR count). The smallest absolute Gasteiger partial charge is 0.313 e. The third-order valence-corrected chi connectivity index (χ3v) is 4.18. The van der Waals surface area contributed by atoms with Crippen LogP contribution in [0.3, 0.4) is 0 Å². The molecule has 0 bridgehead atoms. The van der Waals surface area contributed by atoms with Crippen LogP contribution in [0.15, 0.2) is 5.16 Å². The van der Waals surface area contributed by atoms with Crippen molar-refractivity contribution >= 4 is 17.7 Å². The lowest BCUT2D eigenvalue weighted by atomic mass is 10.2. The molecule has 1 aromatic heterocycles. The number of aliphatic carboxylic acids is 1. The maximum Gasteiger partial charge on any atom is 0.313 e. The highest BCUT2D eigenvalue weighted by atomic mass is 32.2. The fraction of sp³-hybridized carbons (Fsp3) is 0.727. The molecular formula is C11H17N3O4S. The van der Waals surface area contributed by atoms with E-state index in [1.165, 1.54) is 0 Å². The Kier molecular flexibility index (Phi) is 4.78. The van der Waals surface area contributed by atoms with Gasteiger partial charge in [0.1, 0.15) is 6.61 Å². The number of hydrogen-bond acceptors (Lipinski definition) is 6. The summed E-state index contributed by atoms with van der Waals surface area (Å²) in [7, 11) is 1.69. The van der Waals surface area contributed by atoms with E-state index in [1.54, 1.807) is 7.11 Å². The highest BCUT2D eigenvalue weighted by Crippen LogP contribution is 2.35. The topological polar surface area (TPSA) is 97.5 Å². The zero-order valence-corrected chi connectivity index (χ0v) is 11.5. The van der Waals surface area contributed by atoms with Crippen molar-refractivity contribution in [2.75, 3.05) is 12.9 Å². The molecule has 1 saturated carbocycles. The molecule has 1 aromatic rings. The van der Waals surface area contributed by atoms with Crippen molar-refractivity contribution in [2.45, 2.75) is 43.2 Å². The predicted octanol–water partition coefficient (Wildman–Crippen LogP) is 0.687. The first kappa shape index (κ1) is 14.3. The molecule has 1 aliphatic rings. The summed E-state index contributed by atoms with van der Waals surface area (Å²) < 4.78 is 7.19. The van der Waals surface area contributed by atoms with Crippen molar-refractivity contribution in [1.29, 1.82) is 0 Å². The van der Waals surface area contributed by atoms with Crippen molar-refractivity contribution in [3.63, 3.8) is 0 Å². The van der Waals surface area contributed by atoms with Crippen molar-refractivity contribution < 1.29 is 19.7 Å². The normalized spacial score (nSPS) is 22.8. The standard InChI is InChI=1S/C11H17N3O4S/c1-18-8-3-2-7(4-8)14-9(5-15)12-13-11(14)19-6-10(16)17/h7-8,15H,2-6H2,1H3,(H,16,17). The number of carboxylic acids is 1. The monoisotopic (exact) mass is 287 g/mol. The summed E-state index contributed by atoms with van der Waals surface area (Å²) >= 11 is 1.12. The molecule has 2 atom stereocenters. The summed E-state index contributed by atoms with van der Waals surface area (Å²) in [6.45, 7) is -0.200. The van der Waals surface area contributed by atoms with Gasteiger partial charge in [0.25, 0.3) is 0 Å². The Balaban J connectivity index is 2.16. The molecule has 2 N–H and O–H groups in total. The van der Waals surface area contributed by atoms with Crippen LogP contribution >= 0.6 is 11.8 Å². The molecule has 106 valence electrons. The molecular weight excluding hydrogens is 270 g/mol. The largest absolute Gasteiger partial charge is 0.481 e. The second-order valence-electron chi connectivity index (χ2n) is 4.43. The number of rotatable bonds is 6. The van der Waals surface area contributed by atoms with Crippen molar-refractivity contribution in [1.82, 2.24) is 14.8 Å². The number of methoxy groups -OCH3 is 1. The Morgan fingerprint density at radius 3 is 2.89 bits per heavy atom. The molecule has 0 amide bonds. The van der Waals surface area contributed by atoms with Crippen molar-refractivity contribution in [3.8, 4) is 0 Å². The number of thioether (sulfide) groups is 1. The molecule has 0 aliphatic heterocycles. The van der Waals surface area contributed by atoms with Gasteiger partial charge in [-0.2, -0.15) is 0 Å². The number of nitrogens with zero attached hydrogens (tertiary/aromatic N) is 3. The van der Waals surface area contributed by atoms with Gasteiger partial charge in [0.2, 0.25) is 0 Å². The van der Waals surface area contributed by atoms with Crippen molar-refractivity contribution in [3.05, 3.63) is 5.82 Å². The summed E-state index contributed by atoms with van der Waals surface area (Å²) in [6, 6.07) is 0.165. The van der Waals surface area contributed by atoms with E-state index in [-0.39, 0.29) is 24.5 Å². The zero-order valence-electron chi connectivity index (χ0n) is 10.7. The number of aliphatic hydroxyl groups excluding tert-OH is 1. The summed E-state index contributed by atoms with van der Waals surface area (Å²) in [5, 5.41) is 26.5. The summed E-state index contributed by atoms with van der Waals surface area (Å²) in [5.74, 6) is -0.481. The molecule has 0 spiro atoms. The minimum atomic E-state index is -0.897. The van der Waals surface area contributed by atoms with Gasteiger partial charge in [-0.15, -0.1) is 10.2 Å². The number of carboxylic acid groups (broad SMARTS) is 1. The zero-order chi connectivity index (χ0) is 13.8. The van der Waals surface area contributed by atoms with Gasteiger partial charge in [0.05, 0.1) is 11.9 Å². The first-order valence-corrected chi connectivity index (χ1v) is 7.06. The summed E-state index contributed by atoms with van der Waals surface area (Å²) in [4.78, 5) is 10.6. The van der Waals surface area contributed by atoms with Crippen LogP contribution in [0.5, 0.6) is 0 Å². The van der Waals surface area contributed by atoms with E-state index in [1.807, 2.05) is 4.57 Å². The van der Waals surface area contributed by atoms with Gasteiger partial charge in [-0.3, -0.25) is 4.79 Å². The maximum absolute atomic E-state index is 10.6. The molecule has 19 heavy (non-hydrogen) atoms. The number of aromatic nitrogens is 3. The van der Waals surface area contributed by atoms with Gasteiger partial charge in [-0.25, -0.2) is 0 Å². The highest BCUT2D eigenvalue weighted by Gasteiger charge is 2.29. The van der Waals surface area contributed by atoms with Crippen LogP contribution in [0, 0.1) is 0 Å². The van der Waals surface area contributed by atoms with E-state index >= 15 is 0 Å². The Labute approximate surface area is 115 Å². The average Bonchev–Trinajstić information content (AvgIpc) is 3.01. The lowest BCUT2D eigenvalue weighted by Gasteiger charge is -2.16. The molecule has 2 unspecified atom stereocenters. The van der Waals surface area contributed by atoms with Crippen LogP contribution in [0.4, 0.5) is 0 Å². The molecule has 0 radical (unpaired) electrons. The van der Waals surface area contributed by atoms with E-state index < -0.39 is 5.97 Å². The highest BCUT2D eigenvalue weighted by molar-refractivity contribution is 7.99. The van der Waals surface area contributed by atoms with Crippen LogP contribution < -0.4 is 0 Å². The number of aliphatic hydroxyl groups is 1. The summed E-state index contributed by atoms with van der Waals surface area (Å²) in [5.41, 5.74) is 0. The Morgan fingerprint density at radius 2 is 2.32 bits per heavy atom. The van der Waals surface area contributed by atoms with E-state index in [4.69, 9.17) is 9.84 Å². The van der Waals surface area contributed by atoms with Gasteiger partial charge >= 0.3 is 5.97 Å². The van der Waals surface area contributed by atoms with Crippen LogP contribution in [0.2, 0.25) is 0 Å². The van der Waals surface area contributed by atoms with Crippen molar-refractivity contribution in [2.24, 2.45) is 0 Å². The molecule has 7 nitrogen and oxygen atoms in total. The Hall–Kier alpha value is -1.12. The lowest BCUT2D eigenvalue weighted by Crippen LogP contribution is -2.13. The van der Waals surface area contributed by atoms with Gasteiger partial charge in [0.15, 0.2) is 11.0 Å². The van der Waals surface area contributed by atoms with Crippen LogP contribution in [-0.4, -0.2) is 49.9 Å². The lowest BCUT2D eigenvalue weighted by molar-refractivity contribution is -0.133. The number of hydrogen-bond donors (Lipinski definition) is 2. The summed E-state index contributed by atoms with van der Waals surface area (Å²) in [6.07, 6.45) is 2.91. The molecule has 1 heterocycles. The van der Waals surface area contributed by atoms with E-state index in [2.05, 4.69) is 10.2 Å². The molecule has 8 heteroatoms. The first-order chi connectivity index (χ1) is 9.15. The van der Waals surface area contributed by atoms with E-state index in [9.17, 15) is 9.90 Å². The minimum absolute atomic E-state index is 0.0655. The van der Waals surface area contributed by atoms with Gasteiger partial charge < -0.3 is 19.5 Å². The van der Waals surface area contributed by atoms with Crippen LogP contribution in [-0.2, 0) is 16.1 Å². The first-order valence-electron chi connectivity index (χ1n) is 6.07. The molecule has 1 aliphatic carbocycles. The van der Waals surface area contributed by atoms with Gasteiger partial charge in [0, 0.05) is 13.2 Å². The van der Waals surface area contributed by atoms with Crippen LogP contribution in [0.25, 0.3) is 0 Å². The van der Waals surface area contributed by atoms with Gasteiger partial charge in [-0.05, 0) is 19.3 Å². The number of carbonyl (C=O) groups is 1.